The third-order valence-electron chi connectivity index (χ3n) is 10.5. The number of carbonyl (C=O) groups excluding carboxylic acids is 4. The number of aromatic amines is 2. The minimum Gasteiger partial charge on any atom is -0.469 e. The van der Waals surface area contributed by atoms with Crippen molar-refractivity contribution in [3.8, 4) is 0 Å². The molecule has 0 fully saturated rings. The van der Waals surface area contributed by atoms with E-state index < -0.39 is 11.8 Å². The number of fused-ring (bicyclic) bond motifs is 8. The van der Waals surface area contributed by atoms with Crippen LogP contribution in [0.5, 0.6) is 0 Å². The Bertz CT molecular complexity index is 2060. The Hall–Kier alpha value is -5.06. The first-order chi connectivity index (χ1) is 23.4. The predicted molar refractivity (Wildman–Crippen MR) is 189 cm³/mol. The molecule has 0 aromatic carbocycles. The third kappa shape index (κ3) is 5.74. The molecule has 4 aliphatic rings. The molecular formula is C38H44N6O5. The number of carbonyl (C=O) groups is 4. The van der Waals surface area contributed by atoms with Gasteiger partial charge in [-0.15, -0.1) is 0 Å². The molecule has 11 nitrogen and oxygen atoms in total. The number of nitrogens with zero attached hydrogens (tertiary/aromatic N) is 3. The molecular weight excluding hydrogens is 620 g/mol. The van der Waals surface area contributed by atoms with Crippen molar-refractivity contribution >= 4 is 57.0 Å². The van der Waals surface area contributed by atoms with Gasteiger partial charge in [0.15, 0.2) is 0 Å². The maximum atomic E-state index is 14.6. The maximum absolute atomic E-state index is 14.6. The first-order valence-corrected chi connectivity index (χ1v) is 17.0. The molecule has 49 heavy (non-hydrogen) atoms. The molecule has 256 valence electrons. The summed E-state index contributed by atoms with van der Waals surface area (Å²) in [6.45, 7) is 14.1. The number of rotatable bonds is 8. The van der Waals surface area contributed by atoms with Crippen molar-refractivity contribution in [2.24, 2.45) is 0 Å². The quantitative estimate of drug-likeness (QED) is 0.213. The van der Waals surface area contributed by atoms with Crippen LogP contribution in [0.4, 0.5) is 0 Å². The largest absolute Gasteiger partial charge is 0.469 e. The molecule has 0 spiro atoms. The topological polar surface area (TPSA) is 150 Å². The Labute approximate surface area is 286 Å². The summed E-state index contributed by atoms with van der Waals surface area (Å²) in [6, 6.07) is 6.03. The van der Waals surface area contributed by atoms with Crippen molar-refractivity contribution in [3.05, 3.63) is 69.1 Å². The summed E-state index contributed by atoms with van der Waals surface area (Å²) in [5.74, 6) is -1.79. The number of aryl methyl sites for hydroxylation is 1. The van der Waals surface area contributed by atoms with Gasteiger partial charge in [0.2, 0.25) is 5.91 Å². The number of nitrogens with one attached hydrogen (secondary N) is 3. The van der Waals surface area contributed by atoms with Gasteiger partial charge in [-0.2, -0.15) is 0 Å². The van der Waals surface area contributed by atoms with Crippen molar-refractivity contribution in [1.29, 1.82) is 0 Å². The molecule has 2 unspecified atom stereocenters. The van der Waals surface area contributed by atoms with Crippen molar-refractivity contribution in [3.63, 3.8) is 0 Å². The minimum absolute atomic E-state index is 0.00940. The molecule has 0 saturated carbocycles. The van der Waals surface area contributed by atoms with E-state index in [9.17, 15) is 19.2 Å². The summed E-state index contributed by atoms with van der Waals surface area (Å²) >= 11 is 0. The number of allylic oxidation sites excluding steroid dienone is 4. The van der Waals surface area contributed by atoms with Crippen molar-refractivity contribution < 1.29 is 23.9 Å². The Morgan fingerprint density at radius 3 is 2.22 bits per heavy atom. The first kappa shape index (κ1) is 33.8. The Kier molecular flexibility index (Phi) is 9.04. The Morgan fingerprint density at radius 2 is 1.55 bits per heavy atom. The van der Waals surface area contributed by atoms with Crippen LogP contribution >= 0.6 is 0 Å². The average Bonchev–Trinajstić information content (AvgIpc) is 3.75. The van der Waals surface area contributed by atoms with Gasteiger partial charge in [-0.05, 0) is 86.6 Å². The lowest BCUT2D eigenvalue weighted by Crippen LogP contribution is -2.45. The van der Waals surface area contributed by atoms with Crippen LogP contribution in [0.25, 0.3) is 33.3 Å². The average molecular weight is 665 g/mol. The number of ether oxygens (including phenoxy) is 1. The highest BCUT2D eigenvalue weighted by atomic mass is 16.5. The second kappa shape index (κ2) is 13.1. The number of aromatic nitrogens is 4. The van der Waals surface area contributed by atoms with Gasteiger partial charge < -0.3 is 20.0 Å². The Balaban J connectivity index is 1.71. The third-order valence-corrected chi connectivity index (χ3v) is 10.5. The zero-order chi connectivity index (χ0) is 35.3. The lowest BCUT2D eigenvalue weighted by molar-refractivity contribution is -0.140. The van der Waals surface area contributed by atoms with Gasteiger partial charge in [0, 0.05) is 54.7 Å². The van der Waals surface area contributed by atoms with E-state index in [1.165, 1.54) is 12.0 Å². The van der Waals surface area contributed by atoms with E-state index >= 15 is 0 Å². The lowest BCUT2D eigenvalue weighted by atomic mass is 9.84. The van der Waals surface area contributed by atoms with E-state index in [0.29, 0.717) is 46.3 Å². The molecule has 0 radical (unpaired) electrons. The van der Waals surface area contributed by atoms with Crippen molar-refractivity contribution in [2.75, 3.05) is 20.2 Å². The van der Waals surface area contributed by atoms with Crippen LogP contribution in [0.1, 0.15) is 140 Å². The molecule has 3 amide bonds. The fraction of sp³-hybridized carbons (Fsp3) is 0.421. The van der Waals surface area contributed by atoms with Crippen LogP contribution in [-0.2, 0) is 14.3 Å². The molecule has 8 bridgehead atoms. The van der Waals surface area contributed by atoms with Gasteiger partial charge in [0.25, 0.3) is 11.8 Å². The molecule has 6 rings (SSSR count). The monoisotopic (exact) mass is 664 g/mol. The summed E-state index contributed by atoms with van der Waals surface area (Å²) in [5, 5.41) is 2.79. The highest BCUT2D eigenvalue weighted by Crippen LogP contribution is 2.44. The van der Waals surface area contributed by atoms with E-state index in [2.05, 4.69) is 49.0 Å². The minimum atomic E-state index is -0.468. The van der Waals surface area contributed by atoms with Gasteiger partial charge in [-0.25, -0.2) is 9.97 Å². The van der Waals surface area contributed by atoms with E-state index in [1.54, 1.807) is 6.92 Å². The second-order valence-corrected chi connectivity index (χ2v) is 13.2. The highest BCUT2D eigenvalue weighted by molar-refractivity contribution is 6.23. The van der Waals surface area contributed by atoms with E-state index in [-0.39, 0.29) is 43.2 Å². The van der Waals surface area contributed by atoms with Gasteiger partial charge >= 0.3 is 5.97 Å². The van der Waals surface area contributed by atoms with E-state index in [4.69, 9.17) is 14.7 Å². The lowest BCUT2D eigenvalue weighted by Gasteiger charge is -2.27. The smallest absolute Gasteiger partial charge is 0.305 e. The van der Waals surface area contributed by atoms with Crippen molar-refractivity contribution in [2.45, 2.75) is 86.0 Å². The maximum Gasteiger partial charge on any atom is 0.305 e. The number of H-pyrrole nitrogens is 2. The molecule has 2 aromatic rings. The van der Waals surface area contributed by atoms with Crippen LogP contribution in [0, 0.1) is 6.92 Å². The predicted octanol–water partition coefficient (Wildman–Crippen LogP) is 6.60. The van der Waals surface area contributed by atoms with Crippen LogP contribution in [0.2, 0.25) is 0 Å². The van der Waals surface area contributed by atoms with Crippen LogP contribution in [-0.4, -0.2) is 68.7 Å². The standard InChI is InChI=1S/C38H44N6O5/c1-9-23-20(5)27-16-28-21(6)24(11-12-32(46)49-8)35(42-28)34-36-33(37(47)44(38(34)48)14-13-39-31(45)10-2)22(7)29(43-36)15-25-18(3)19(4)26(40-25)17-30(23)41-27/h15-17,21,24,42-43H,9-14H2,1-8H3,(H,39,45). The molecule has 11 heteroatoms. The van der Waals surface area contributed by atoms with Crippen molar-refractivity contribution in [1.82, 2.24) is 30.2 Å². The first-order valence-electron chi connectivity index (χ1n) is 17.0. The molecule has 0 aliphatic carbocycles. The Morgan fingerprint density at radius 1 is 0.898 bits per heavy atom. The van der Waals surface area contributed by atoms with Gasteiger partial charge in [0.05, 0.1) is 46.5 Å². The van der Waals surface area contributed by atoms with Gasteiger partial charge in [0.1, 0.15) is 0 Å². The molecule has 4 aliphatic heterocycles. The highest BCUT2D eigenvalue weighted by Gasteiger charge is 2.40. The van der Waals surface area contributed by atoms with Gasteiger partial charge in [-0.1, -0.05) is 20.8 Å². The number of methoxy groups -OCH3 is 1. The summed E-state index contributed by atoms with van der Waals surface area (Å²) in [7, 11) is 1.37. The SMILES string of the molecule is CCC(=O)NCCN1C(=O)c2c3[nH]c(cc4nc(cc5nc(cc6[nH]c2c(c6C)C1=O)C(C)=C5C)C(CC)=C4C)C(C)C3CCC(=O)OC. The fourth-order valence-corrected chi connectivity index (χ4v) is 7.29. The number of esters is 1. The number of amides is 3. The summed E-state index contributed by atoms with van der Waals surface area (Å²) in [5.41, 5.74) is 11.6. The summed E-state index contributed by atoms with van der Waals surface area (Å²) in [4.78, 5) is 71.5. The fourth-order valence-electron chi connectivity index (χ4n) is 7.29. The van der Waals surface area contributed by atoms with Gasteiger partial charge in [-0.3, -0.25) is 24.1 Å². The van der Waals surface area contributed by atoms with Crippen LogP contribution in [0.3, 0.4) is 0 Å². The number of imide groups is 1. The van der Waals surface area contributed by atoms with E-state index in [1.807, 2.05) is 26.0 Å². The van der Waals surface area contributed by atoms with Crippen LogP contribution < -0.4 is 5.32 Å². The number of hydrogen-bond donors (Lipinski definition) is 3. The molecule has 0 saturated heterocycles. The summed E-state index contributed by atoms with van der Waals surface area (Å²) in [6.07, 6.45) is 1.67. The summed E-state index contributed by atoms with van der Waals surface area (Å²) < 4.78 is 4.99. The zero-order valence-electron chi connectivity index (χ0n) is 29.5. The number of hydrogen-bond acceptors (Lipinski definition) is 7. The second-order valence-electron chi connectivity index (χ2n) is 13.2. The van der Waals surface area contributed by atoms with Crippen LogP contribution in [0.15, 0.2) is 18.2 Å². The molecule has 3 N–H and O–H groups in total. The normalized spacial score (nSPS) is 17.9. The molecule has 2 atom stereocenters. The molecule has 6 heterocycles. The van der Waals surface area contributed by atoms with E-state index in [0.717, 1.165) is 57.2 Å². The molecule has 2 aromatic heterocycles. The zero-order valence-corrected chi connectivity index (χ0v) is 29.5.